The van der Waals surface area contributed by atoms with E-state index in [-0.39, 0.29) is 11.7 Å². The fraction of sp³-hybridized carbons (Fsp3) is 0.846. The minimum Gasteiger partial charge on any atom is -0.409 e. The van der Waals surface area contributed by atoms with E-state index in [1.165, 1.54) is 0 Å². The van der Waals surface area contributed by atoms with Gasteiger partial charge >= 0.3 is 0 Å². The number of likely N-dealkylation sites (N-methyl/N-ethyl adjacent to an activating group) is 1. The van der Waals surface area contributed by atoms with E-state index in [4.69, 9.17) is 10.9 Å². The molecule has 1 saturated heterocycles. The highest BCUT2D eigenvalue weighted by atomic mass is 16.4. The van der Waals surface area contributed by atoms with Gasteiger partial charge in [-0.15, -0.1) is 0 Å². The number of rotatable bonds is 5. The SMILES string of the molecule is CCCC(C(=O)N1CCCC(N(C)C)C1)C(N)=NO. The molecule has 0 saturated carbocycles. The van der Waals surface area contributed by atoms with E-state index in [0.29, 0.717) is 12.5 Å². The summed E-state index contributed by atoms with van der Waals surface area (Å²) in [5.74, 6) is -0.474. The average molecular weight is 270 g/mol. The number of oxime groups is 1. The molecule has 0 radical (unpaired) electrons. The van der Waals surface area contributed by atoms with Crippen molar-refractivity contribution in [1.82, 2.24) is 9.80 Å². The third kappa shape index (κ3) is 4.09. The molecule has 1 aliphatic heterocycles. The highest BCUT2D eigenvalue weighted by Gasteiger charge is 2.31. The van der Waals surface area contributed by atoms with Crippen molar-refractivity contribution in [3.05, 3.63) is 0 Å². The van der Waals surface area contributed by atoms with Crippen LogP contribution < -0.4 is 5.73 Å². The molecule has 3 N–H and O–H groups in total. The van der Waals surface area contributed by atoms with Crippen molar-refractivity contribution >= 4 is 11.7 Å². The Morgan fingerprint density at radius 3 is 2.79 bits per heavy atom. The van der Waals surface area contributed by atoms with Gasteiger partial charge in [0.1, 0.15) is 0 Å². The number of amides is 1. The molecule has 1 fully saturated rings. The van der Waals surface area contributed by atoms with Crippen LogP contribution in [0.4, 0.5) is 0 Å². The summed E-state index contributed by atoms with van der Waals surface area (Å²) in [5, 5.41) is 11.8. The highest BCUT2D eigenvalue weighted by molar-refractivity contribution is 6.02. The maximum absolute atomic E-state index is 12.5. The Morgan fingerprint density at radius 2 is 2.26 bits per heavy atom. The Morgan fingerprint density at radius 1 is 1.58 bits per heavy atom. The molecule has 0 aliphatic carbocycles. The fourth-order valence-corrected chi connectivity index (χ4v) is 2.55. The molecule has 6 heteroatoms. The summed E-state index contributed by atoms with van der Waals surface area (Å²) >= 11 is 0. The van der Waals surface area contributed by atoms with Gasteiger partial charge in [-0.3, -0.25) is 4.79 Å². The number of likely N-dealkylation sites (tertiary alicyclic amines) is 1. The van der Waals surface area contributed by atoms with Gasteiger partial charge in [-0.2, -0.15) is 0 Å². The molecule has 0 aromatic rings. The zero-order chi connectivity index (χ0) is 14.4. The first-order valence-corrected chi connectivity index (χ1v) is 6.93. The average Bonchev–Trinajstić information content (AvgIpc) is 2.43. The quantitative estimate of drug-likeness (QED) is 0.333. The highest BCUT2D eigenvalue weighted by Crippen LogP contribution is 2.18. The van der Waals surface area contributed by atoms with E-state index in [0.717, 1.165) is 32.4 Å². The molecule has 0 spiro atoms. The zero-order valence-corrected chi connectivity index (χ0v) is 12.2. The summed E-state index contributed by atoms with van der Waals surface area (Å²) in [6, 6.07) is 0.396. The predicted octanol–water partition coefficient (Wildman–Crippen LogP) is 0.702. The van der Waals surface area contributed by atoms with E-state index in [1.54, 1.807) is 0 Å². The summed E-state index contributed by atoms with van der Waals surface area (Å²) < 4.78 is 0. The molecule has 2 unspecified atom stereocenters. The van der Waals surface area contributed by atoms with E-state index in [2.05, 4.69) is 10.1 Å². The van der Waals surface area contributed by atoms with Crippen LogP contribution in [0.1, 0.15) is 32.6 Å². The second-order valence-electron chi connectivity index (χ2n) is 5.41. The number of hydrogen-bond acceptors (Lipinski definition) is 4. The molecule has 1 heterocycles. The van der Waals surface area contributed by atoms with Crippen molar-refractivity contribution in [2.24, 2.45) is 16.8 Å². The van der Waals surface area contributed by atoms with Gasteiger partial charge in [-0.25, -0.2) is 0 Å². The molecule has 0 aromatic heterocycles. The normalized spacial score (nSPS) is 22.6. The lowest BCUT2D eigenvalue weighted by Crippen LogP contribution is -2.51. The number of piperidine rings is 1. The summed E-state index contributed by atoms with van der Waals surface area (Å²) in [6.07, 6.45) is 3.57. The first kappa shape index (κ1) is 15.8. The van der Waals surface area contributed by atoms with Gasteiger partial charge < -0.3 is 20.7 Å². The van der Waals surface area contributed by atoms with Gasteiger partial charge in [-0.05, 0) is 33.4 Å². The van der Waals surface area contributed by atoms with Gasteiger partial charge in [0.05, 0.1) is 5.92 Å². The lowest BCUT2D eigenvalue weighted by molar-refractivity contribution is -0.135. The first-order valence-electron chi connectivity index (χ1n) is 6.93. The zero-order valence-electron chi connectivity index (χ0n) is 12.2. The molecule has 6 nitrogen and oxygen atoms in total. The molecule has 1 aliphatic rings. The van der Waals surface area contributed by atoms with Crippen molar-refractivity contribution < 1.29 is 10.0 Å². The van der Waals surface area contributed by atoms with Crippen LogP contribution in [0.5, 0.6) is 0 Å². The van der Waals surface area contributed by atoms with Crippen LogP contribution in [0.2, 0.25) is 0 Å². The van der Waals surface area contributed by atoms with E-state index in [1.807, 2.05) is 25.9 Å². The molecule has 2 atom stereocenters. The van der Waals surface area contributed by atoms with Crippen LogP contribution in [0.3, 0.4) is 0 Å². The third-order valence-corrected chi connectivity index (χ3v) is 3.79. The number of nitrogens with two attached hydrogens (primary N) is 1. The third-order valence-electron chi connectivity index (χ3n) is 3.79. The number of carbonyl (C=O) groups is 1. The predicted molar refractivity (Wildman–Crippen MR) is 75.1 cm³/mol. The topological polar surface area (TPSA) is 82.2 Å². The van der Waals surface area contributed by atoms with Crippen LogP contribution in [0, 0.1) is 5.92 Å². The standard InChI is InChI=1S/C13H26N4O2/c1-4-6-11(12(14)15-19)13(18)17-8-5-7-10(9-17)16(2)3/h10-11,19H,4-9H2,1-3H3,(H2,14,15). The lowest BCUT2D eigenvalue weighted by atomic mass is 9.97. The number of amidine groups is 1. The Hall–Kier alpha value is -1.30. The second-order valence-corrected chi connectivity index (χ2v) is 5.41. The molecular weight excluding hydrogens is 244 g/mol. The van der Waals surface area contributed by atoms with Crippen LogP contribution in [0.25, 0.3) is 0 Å². The minimum atomic E-state index is -0.490. The lowest BCUT2D eigenvalue weighted by Gasteiger charge is -2.37. The second kappa shape index (κ2) is 7.33. The summed E-state index contributed by atoms with van der Waals surface area (Å²) in [6.45, 7) is 3.48. The van der Waals surface area contributed by atoms with Crippen molar-refractivity contribution in [3.8, 4) is 0 Å². The summed E-state index contributed by atoms with van der Waals surface area (Å²) in [7, 11) is 4.07. The largest absolute Gasteiger partial charge is 0.409 e. The van der Waals surface area contributed by atoms with Crippen LogP contribution in [0.15, 0.2) is 5.16 Å². The maximum atomic E-state index is 12.5. The monoisotopic (exact) mass is 270 g/mol. The van der Waals surface area contributed by atoms with Crippen molar-refractivity contribution in [1.29, 1.82) is 0 Å². The van der Waals surface area contributed by atoms with Gasteiger partial charge in [0, 0.05) is 19.1 Å². The van der Waals surface area contributed by atoms with Gasteiger partial charge in [0.2, 0.25) is 5.91 Å². The van der Waals surface area contributed by atoms with E-state index < -0.39 is 5.92 Å². The molecule has 19 heavy (non-hydrogen) atoms. The van der Waals surface area contributed by atoms with Gasteiger partial charge in [0.15, 0.2) is 5.84 Å². The number of hydrogen-bond donors (Lipinski definition) is 2. The van der Waals surface area contributed by atoms with Crippen molar-refractivity contribution in [2.75, 3.05) is 27.2 Å². The van der Waals surface area contributed by atoms with Crippen LogP contribution >= 0.6 is 0 Å². The van der Waals surface area contributed by atoms with Gasteiger partial charge in [-0.1, -0.05) is 18.5 Å². The van der Waals surface area contributed by atoms with E-state index in [9.17, 15) is 4.79 Å². The Kier molecular flexibility index (Phi) is 6.08. The van der Waals surface area contributed by atoms with Crippen molar-refractivity contribution in [2.45, 2.75) is 38.6 Å². The molecular formula is C13H26N4O2. The summed E-state index contributed by atoms with van der Waals surface area (Å²) in [4.78, 5) is 16.5. The Balaban J connectivity index is 2.73. The molecule has 110 valence electrons. The van der Waals surface area contributed by atoms with Gasteiger partial charge in [0.25, 0.3) is 0 Å². The van der Waals surface area contributed by atoms with Crippen LogP contribution in [-0.4, -0.2) is 60.0 Å². The fourth-order valence-electron chi connectivity index (χ4n) is 2.55. The smallest absolute Gasteiger partial charge is 0.233 e. The first-order chi connectivity index (χ1) is 9.01. The number of nitrogens with zero attached hydrogens (tertiary/aromatic N) is 3. The molecule has 1 rings (SSSR count). The molecule has 1 amide bonds. The molecule has 0 bridgehead atoms. The van der Waals surface area contributed by atoms with E-state index >= 15 is 0 Å². The summed E-state index contributed by atoms with van der Waals surface area (Å²) in [5.41, 5.74) is 5.65. The minimum absolute atomic E-state index is 0.0105. The Bertz CT molecular complexity index is 331. The Labute approximate surface area is 115 Å². The molecule has 0 aromatic carbocycles. The van der Waals surface area contributed by atoms with Crippen LogP contribution in [-0.2, 0) is 4.79 Å². The number of carbonyl (C=O) groups excluding carboxylic acids is 1. The van der Waals surface area contributed by atoms with Crippen molar-refractivity contribution in [3.63, 3.8) is 0 Å². The maximum Gasteiger partial charge on any atom is 0.233 e.